The Bertz CT molecular complexity index is 490. The van der Waals surface area contributed by atoms with Gasteiger partial charge in [0.1, 0.15) is 18.1 Å². The van der Waals surface area contributed by atoms with Gasteiger partial charge in [-0.1, -0.05) is 6.07 Å². The highest BCUT2D eigenvalue weighted by Crippen LogP contribution is 2.12. The minimum Gasteiger partial charge on any atom is -0.493 e. The van der Waals surface area contributed by atoms with Crippen molar-refractivity contribution in [2.75, 3.05) is 13.2 Å². The summed E-state index contributed by atoms with van der Waals surface area (Å²) in [4.78, 5) is 24.0. The van der Waals surface area contributed by atoms with Crippen LogP contribution >= 0.6 is 0 Å². The molecule has 6 heteroatoms. The Morgan fingerprint density at radius 2 is 2.10 bits per heavy atom. The number of halogens is 1. The summed E-state index contributed by atoms with van der Waals surface area (Å²) in [6.07, 6.45) is 0.638. The Hall–Kier alpha value is -2.11. The van der Waals surface area contributed by atoms with Crippen LogP contribution in [0.5, 0.6) is 5.75 Å². The lowest BCUT2D eigenvalue weighted by molar-refractivity contribution is -0.145. The van der Waals surface area contributed by atoms with Crippen molar-refractivity contribution in [3.8, 4) is 5.75 Å². The van der Waals surface area contributed by atoms with Crippen LogP contribution in [0.3, 0.4) is 0 Å². The van der Waals surface area contributed by atoms with E-state index in [1.165, 1.54) is 17.0 Å². The maximum atomic E-state index is 12.9. The highest BCUT2D eigenvalue weighted by Gasteiger charge is 2.19. The van der Waals surface area contributed by atoms with Crippen LogP contribution in [0.1, 0.15) is 26.7 Å². The van der Waals surface area contributed by atoms with Crippen LogP contribution in [0.15, 0.2) is 24.3 Å². The molecule has 0 saturated heterocycles. The number of carboxylic acids is 1. The topological polar surface area (TPSA) is 66.8 Å². The number of benzene rings is 1. The van der Waals surface area contributed by atoms with Gasteiger partial charge in [-0.3, -0.25) is 9.59 Å². The third kappa shape index (κ3) is 6.25. The smallest absolute Gasteiger partial charge is 0.323 e. The molecule has 1 rings (SSSR count). The van der Waals surface area contributed by atoms with Crippen LogP contribution < -0.4 is 4.74 Å². The predicted octanol–water partition coefficient (Wildman–Crippen LogP) is 2.31. The fraction of sp³-hybridized carbons (Fsp3) is 0.467. The van der Waals surface area contributed by atoms with Gasteiger partial charge in [0, 0.05) is 18.5 Å². The van der Waals surface area contributed by atoms with Crippen LogP contribution in [0, 0.1) is 5.82 Å². The Morgan fingerprint density at radius 3 is 2.67 bits per heavy atom. The Morgan fingerprint density at radius 1 is 1.38 bits per heavy atom. The van der Waals surface area contributed by atoms with Gasteiger partial charge >= 0.3 is 5.97 Å². The van der Waals surface area contributed by atoms with Crippen molar-refractivity contribution in [2.24, 2.45) is 0 Å². The summed E-state index contributed by atoms with van der Waals surface area (Å²) in [6.45, 7) is 3.50. The highest BCUT2D eigenvalue weighted by atomic mass is 19.1. The van der Waals surface area contributed by atoms with Crippen LogP contribution in [-0.4, -0.2) is 41.1 Å². The summed E-state index contributed by atoms with van der Waals surface area (Å²) in [7, 11) is 0. The van der Waals surface area contributed by atoms with Crippen molar-refractivity contribution in [1.29, 1.82) is 0 Å². The van der Waals surface area contributed by atoms with E-state index in [-0.39, 0.29) is 37.3 Å². The van der Waals surface area contributed by atoms with Gasteiger partial charge in [0.15, 0.2) is 0 Å². The first kappa shape index (κ1) is 16.9. The molecule has 21 heavy (non-hydrogen) atoms. The molecule has 1 N–H and O–H groups in total. The molecule has 1 aromatic rings. The van der Waals surface area contributed by atoms with E-state index in [0.29, 0.717) is 12.2 Å². The second kappa shape index (κ2) is 8.24. The number of rotatable bonds is 8. The molecule has 0 radical (unpaired) electrons. The Kier molecular flexibility index (Phi) is 6.65. The number of carbonyl (C=O) groups excluding carboxylic acids is 1. The molecular weight excluding hydrogens is 277 g/mol. The Balaban J connectivity index is 2.36. The summed E-state index contributed by atoms with van der Waals surface area (Å²) in [5.74, 6) is -1.23. The maximum absolute atomic E-state index is 12.9. The number of hydrogen-bond donors (Lipinski definition) is 1. The van der Waals surface area contributed by atoms with Gasteiger partial charge in [-0.05, 0) is 32.4 Å². The summed E-state index contributed by atoms with van der Waals surface area (Å²) in [5.41, 5.74) is 0. The zero-order chi connectivity index (χ0) is 15.8. The van der Waals surface area contributed by atoms with E-state index in [1.807, 2.05) is 0 Å². The largest absolute Gasteiger partial charge is 0.493 e. The molecule has 116 valence electrons. The quantitative estimate of drug-likeness (QED) is 0.748. The SMILES string of the molecule is CC(C)N(CC(=O)O)C(=O)CCCOc1cccc(F)c1. The molecule has 0 fully saturated rings. The van der Waals surface area contributed by atoms with Gasteiger partial charge in [0.2, 0.25) is 5.91 Å². The minimum atomic E-state index is -1.03. The molecule has 0 saturated carbocycles. The van der Waals surface area contributed by atoms with Crippen LogP contribution in [0.4, 0.5) is 4.39 Å². The van der Waals surface area contributed by atoms with Gasteiger partial charge in [0.05, 0.1) is 6.61 Å². The van der Waals surface area contributed by atoms with E-state index in [4.69, 9.17) is 9.84 Å². The molecule has 0 atom stereocenters. The number of hydrogen-bond acceptors (Lipinski definition) is 3. The van der Waals surface area contributed by atoms with Crippen molar-refractivity contribution in [1.82, 2.24) is 4.90 Å². The first-order chi connectivity index (χ1) is 9.90. The lowest BCUT2D eigenvalue weighted by Crippen LogP contribution is -2.40. The lowest BCUT2D eigenvalue weighted by Gasteiger charge is -2.24. The van der Waals surface area contributed by atoms with Crippen LogP contribution in [0.25, 0.3) is 0 Å². The molecule has 1 aromatic carbocycles. The van der Waals surface area contributed by atoms with E-state index < -0.39 is 5.97 Å². The van der Waals surface area contributed by atoms with E-state index in [9.17, 15) is 14.0 Å². The molecule has 1 amide bonds. The minimum absolute atomic E-state index is 0.169. The van der Waals surface area contributed by atoms with Crippen molar-refractivity contribution >= 4 is 11.9 Å². The number of ether oxygens (including phenoxy) is 1. The average molecular weight is 297 g/mol. The molecule has 0 heterocycles. The van der Waals surface area contributed by atoms with Crippen molar-refractivity contribution in [2.45, 2.75) is 32.7 Å². The predicted molar refractivity (Wildman–Crippen MR) is 75.6 cm³/mol. The van der Waals surface area contributed by atoms with Crippen molar-refractivity contribution < 1.29 is 23.8 Å². The van der Waals surface area contributed by atoms with E-state index in [2.05, 4.69) is 0 Å². The van der Waals surface area contributed by atoms with Gasteiger partial charge < -0.3 is 14.7 Å². The number of carboxylic acid groups (broad SMARTS) is 1. The Labute approximate surface area is 123 Å². The first-order valence-electron chi connectivity index (χ1n) is 6.79. The fourth-order valence-corrected chi connectivity index (χ4v) is 1.82. The molecule has 5 nitrogen and oxygen atoms in total. The first-order valence-corrected chi connectivity index (χ1v) is 6.79. The fourth-order valence-electron chi connectivity index (χ4n) is 1.82. The number of nitrogens with zero attached hydrogens (tertiary/aromatic N) is 1. The van der Waals surface area contributed by atoms with Crippen LogP contribution in [-0.2, 0) is 9.59 Å². The summed E-state index contributed by atoms with van der Waals surface area (Å²) >= 11 is 0. The van der Waals surface area contributed by atoms with Gasteiger partial charge in [-0.2, -0.15) is 0 Å². The normalized spacial score (nSPS) is 10.5. The number of amides is 1. The maximum Gasteiger partial charge on any atom is 0.323 e. The number of carbonyl (C=O) groups is 2. The second-order valence-corrected chi connectivity index (χ2v) is 4.92. The second-order valence-electron chi connectivity index (χ2n) is 4.92. The molecule has 0 aliphatic carbocycles. The van der Waals surface area contributed by atoms with Gasteiger partial charge in [0.25, 0.3) is 0 Å². The van der Waals surface area contributed by atoms with Crippen molar-refractivity contribution in [3.63, 3.8) is 0 Å². The van der Waals surface area contributed by atoms with E-state index in [0.717, 1.165) is 0 Å². The number of aliphatic carboxylic acids is 1. The lowest BCUT2D eigenvalue weighted by atomic mass is 10.2. The molecule has 0 bridgehead atoms. The monoisotopic (exact) mass is 297 g/mol. The summed E-state index contributed by atoms with van der Waals surface area (Å²) < 4.78 is 18.3. The molecule has 0 aromatic heterocycles. The molecule has 0 aliphatic heterocycles. The molecule has 0 aliphatic rings. The summed E-state index contributed by atoms with van der Waals surface area (Å²) in [6, 6.07) is 5.60. The standard InChI is InChI=1S/C15H20FNO4/c1-11(2)17(10-15(19)20)14(18)7-4-8-21-13-6-3-5-12(16)9-13/h3,5-6,9,11H,4,7-8,10H2,1-2H3,(H,19,20). The third-order valence-corrected chi connectivity index (χ3v) is 2.85. The zero-order valence-corrected chi connectivity index (χ0v) is 12.2. The van der Waals surface area contributed by atoms with E-state index >= 15 is 0 Å². The molecule has 0 unspecified atom stereocenters. The molecule has 0 spiro atoms. The van der Waals surface area contributed by atoms with Crippen LogP contribution in [0.2, 0.25) is 0 Å². The average Bonchev–Trinajstić information content (AvgIpc) is 2.40. The van der Waals surface area contributed by atoms with Crippen molar-refractivity contribution in [3.05, 3.63) is 30.1 Å². The third-order valence-electron chi connectivity index (χ3n) is 2.85. The highest BCUT2D eigenvalue weighted by molar-refractivity contribution is 5.81. The van der Waals surface area contributed by atoms with Gasteiger partial charge in [-0.25, -0.2) is 4.39 Å². The zero-order valence-electron chi connectivity index (χ0n) is 12.2. The molecular formula is C15H20FNO4. The van der Waals surface area contributed by atoms with E-state index in [1.54, 1.807) is 26.0 Å². The van der Waals surface area contributed by atoms with Gasteiger partial charge in [-0.15, -0.1) is 0 Å². The summed E-state index contributed by atoms with van der Waals surface area (Å²) in [5, 5.41) is 8.77.